The fourth-order valence-electron chi connectivity index (χ4n) is 1.10. The molecule has 1 heterocycles. The Bertz CT molecular complexity index is 330. The third-order valence-corrected chi connectivity index (χ3v) is 2.18. The Morgan fingerprint density at radius 1 is 1.57 bits per heavy atom. The maximum absolute atomic E-state index is 10.7. The number of aromatic nitrogens is 1. The number of carbonyl (C=O) groups excluding carboxylic acids is 1. The highest BCUT2D eigenvalue weighted by Gasteiger charge is 2.22. The minimum absolute atomic E-state index is 0.406. The van der Waals surface area contributed by atoms with Gasteiger partial charge >= 0.3 is 0 Å². The van der Waals surface area contributed by atoms with Crippen molar-refractivity contribution < 1.29 is 9.53 Å². The molecule has 0 radical (unpaired) electrons. The van der Waals surface area contributed by atoms with Crippen molar-refractivity contribution in [2.75, 3.05) is 6.61 Å². The van der Waals surface area contributed by atoms with Crippen LogP contribution in [0.4, 0.5) is 0 Å². The Morgan fingerprint density at radius 3 is 2.86 bits per heavy atom. The van der Waals surface area contributed by atoms with Gasteiger partial charge in [0.1, 0.15) is 0 Å². The monoisotopic (exact) mass is 192 g/mol. The van der Waals surface area contributed by atoms with Crippen LogP contribution in [0.15, 0.2) is 18.3 Å². The Morgan fingerprint density at radius 2 is 2.36 bits per heavy atom. The molecule has 4 heteroatoms. The van der Waals surface area contributed by atoms with Crippen molar-refractivity contribution >= 4 is 5.91 Å². The lowest BCUT2D eigenvalue weighted by Crippen LogP contribution is -2.11. The molecule has 0 aliphatic heterocycles. The number of pyridine rings is 1. The molecule has 0 spiro atoms. The zero-order valence-electron chi connectivity index (χ0n) is 7.77. The molecule has 0 unspecified atom stereocenters. The number of primary amides is 1. The second-order valence-corrected chi connectivity index (χ2v) is 3.50. The number of nitrogens with two attached hydrogens (primary N) is 1. The van der Waals surface area contributed by atoms with Gasteiger partial charge in [-0.1, -0.05) is 0 Å². The number of hydrogen-bond acceptors (Lipinski definition) is 3. The third-order valence-electron chi connectivity index (χ3n) is 2.18. The summed E-state index contributed by atoms with van der Waals surface area (Å²) in [5.41, 5.74) is 5.48. The molecule has 1 amide bonds. The lowest BCUT2D eigenvalue weighted by Gasteiger charge is -2.03. The number of rotatable bonds is 4. The van der Waals surface area contributed by atoms with Gasteiger partial charge in [0.25, 0.3) is 0 Å². The zero-order chi connectivity index (χ0) is 9.97. The average Bonchev–Trinajstić information content (AvgIpc) is 2.99. The first kappa shape index (κ1) is 8.99. The van der Waals surface area contributed by atoms with Crippen molar-refractivity contribution in [1.82, 2.24) is 4.98 Å². The van der Waals surface area contributed by atoms with E-state index in [0.29, 0.717) is 17.4 Å². The second-order valence-electron chi connectivity index (χ2n) is 3.50. The molecule has 1 aliphatic carbocycles. The van der Waals surface area contributed by atoms with Crippen LogP contribution < -0.4 is 10.5 Å². The molecule has 1 fully saturated rings. The van der Waals surface area contributed by atoms with Crippen molar-refractivity contribution in [3.05, 3.63) is 23.9 Å². The summed E-state index contributed by atoms with van der Waals surface area (Å²) in [7, 11) is 0. The minimum atomic E-state index is -0.466. The van der Waals surface area contributed by atoms with Gasteiger partial charge in [-0.15, -0.1) is 0 Å². The summed E-state index contributed by atoms with van der Waals surface area (Å²) in [5.74, 6) is 0.792. The standard InChI is InChI=1S/C10H12N2O2/c11-10(13)8-3-4-9(12-5-8)14-6-7-1-2-7/h3-5,7H,1-2,6H2,(H2,11,13). The maximum Gasteiger partial charge on any atom is 0.250 e. The summed E-state index contributed by atoms with van der Waals surface area (Å²) in [4.78, 5) is 14.7. The molecule has 1 aliphatic rings. The summed E-state index contributed by atoms with van der Waals surface area (Å²) in [6, 6.07) is 3.29. The maximum atomic E-state index is 10.7. The molecule has 2 rings (SSSR count). The van der Waals surface area contributed by atoms with Crippen LogP contribution in [0.1, 0.15) is 23.2 Å². The predicted octanol–water partition coefficient (Wildman–Crippen LogP) is 0.969. The molecular weight excluding hydrogens is 180 g/mol. The second kappa shape index (κ2) is 3.65. The van der Waals surface area contributed by atoms with Crippen LogP contribution >= 0.6 is 0 Å². The van der Waals surface area contributed by atoms with Crippen molar-refractivity contribution in [2.24, 2.45) is 11.7 Å². The van der Waals surface area contributed by atoms with Crippen LogP contribution in [0.3, 0.4) is 0 Å². The van der Waals surface area contributed by atoms with Gasteiger partial charge in [0, 0.05) is 12.3 Å². The van der Waals surface area contributed by atoms with Gasteiger partial charge in [-0.3, -0.25) is 4.79 Å². The largest absolute Gasteiger partial charge is 0.477 e. The van der Waals surface area contributed by atoms with E-state index in [9.17, 15) is 4.79 Å². The number of carbonyl (C=O) groups is 1. The van der Waals surface area contributed by atoms with Gasteiger partial charge in [0.05, 0.1) is 12.2 Å². The van der Waals surface area contributed by atoms with Crippen molar-refractivity contribution in [1.29, 1.82) is 0 Å². The normalized spacial score (nSPS) is 15.1. The Balaban J connectivity index is 1.94. The highest BCUT2D eigenvalue weighted by Crippen LogP contribution is 2.29. The van der Waals surface area contributed by atoms with E-state index in [1.165, 1.54) is 19.0 Å². The van der Waals surface area contributed by atoms with E-state index in [0.717, 1.165) is 6.61 Å². The van der Waals surface area contributed by atoms with Crippen molar-refractivity contribution in [3.8, 4) is 5.88 Å². The van der Waals surface area contributed by atoms with Crippen LogP contribution in [0.25, 0.3) is 0 Å². The average molecular weight is 192 g/mol. The Labute approximate surface area is 82.1 Å². The summed E-state index contributed by atoms with van der Waals surface area (Å²) in [5, 5.41) is 0. The van der Waals surface area contributed by atoms with Gasteiger partial charge in [-0.05, 0) is 24.8 Å². The van der Waals surface area contributed by atoms with Gasteiger partial charge in [0.2, 0.25) is 11.8 Å². The van der Waals surface area contributed by atoms with E-state index < -0.39 is 5.91 Å². The lowest BCUT2D eigenvalue weighted by molar-refractivity contribution is 0.1000. The number of ether oxygens (including phenoxy) is 1. The van der Waals surface area contributed by atoms with E-state index in [4.69, 9.17) is 10.5 Å². The van der Waals surface area contributed by atoms with E-state index in [2.05, 4.69) is 4.98 Å². The third kappa shape index (κ3) is 2.22. The van der Waals surface area contributed by atoms with Crippen LogP contribution in [-0.2, 0) is 0 Å². The van der Waals surface area contributed by atoms with E-state index in [1.807, 2.05) is 0 Å². The summed E-state index contributed by atoms with van der Waals surface area (Å²) >= 11 is 0. The quantitative estimate of drug-likeness (QED) is 0.773. The van der Waals surface area contributed by atoms with E-state index in [1.54, 1.807) is 12.1 Å². The highest BCUT2D eigenvalue weighted by molar-refractivity contribution is 5.92. The first-order valence-electron chi connectivity index (χ1n) is 4.64. The SMILES string of the molecule is NC(=O)c1ccc(OCC2CC2)nc1. The summed E-state index contributed by atoms with van der Waals surface area (Å²) in [6.45, 7) is 0.725. The molecule has 1 aromatic heterocycles. The fourth-order valence-corrected chi connectivity index (χ4v) is 1.10. The molecular formula is C10H12N2O2. The topological polar surface area (TPSA) is 65.2 Å². The summed E-state index contributed by atoms with van der Waals surface area (Å²) < 4.78 is 5.40. The van der Waals surface area contributed by atoms with E-state index >= 15 is 0 Å². The molecule has 0 bridgehead atoms. The molecule has 0 aromatic carbocycles. The number of nitrogens with zero attached hydrogens (tertiary/aromatic N) is 1. The smallest absolute Gasteiger partial charge is 0.250 e. The molecule has 2 N–H and O–H groups in total. The molecule has 74 valence electrons. The first-order chi connectivity index (χ1) is 6.75. The molecule has 14 heavy (non-hydrogen) atoms. The molecule has 0 saturated heterocycles. The van der Waals surface area contributed by atoms with Crippen LogP contribution in [0.2, 0.25) is 0 Å². The molecule has 4 nitrogen and oxygen atoms in total. The zero-order valence-corrected chi connectivity index (χ0v) is 7.77. The summed E-state index contributed by atoms with van der Waals surface area (Å²) in [6.07, 6.45) is 3.93. The fraction of sp³-hybridized carbons (Fsp3) is 0.400. The number of hydrogen-bond donors (Lipinski definition) is 1. The highest BCUT2D eigenvalue weighted by atomic mass is 16.5. The molecule has 0 atom stereocenters. The molecule has 1 aromatic rings. The molecule has 1 saturated carbocycles. The van der Waals surface area contributed by atoms with E-state index in [-0.39, 0.29) is 0 Å². The first-order valence-corrected chi connectivity index (χ1v) is 4.64. The van der Waals surface area contributed by atoms with Crippen LogP contribution in [0, 0.1) is 5.92 Å². The lowest BCUT2D eigenvalue weighted by atomic mass is 10.3. The minimum Gasteiger partial charge on any atom is -0.477 e. The Kier molecular flexibility index (Phi) is 2.35. The van der Waals surface area contributed by atoms with Gasteiger partial charge in [0.15, 0.2) is 0 Å². The Hall–Kier alpha value is -1.58. The van der Waals surface area contributed by atoms with Gasteiger partial charge in [-0.25, -0.2) is 4.98 Å². The van der Waals surface area contributed by atoms with Gasteiger partial charge < -0.3 is 10.5 Å². The number of amides is 1. The van der Waals surface area contributed by atoms with Crippen molar-refractivity contribution in [2.45, 2.75) is 12.8 Å². The van der Waals surface area contributed by atoms with Gasteiger partial charge in [-0.2, -0.15) is 0 Å². The predicted molar refractivity (Wildman–Crippen MR) is 51.0 cm³/mol. The van der Waals surface area contributed by atoms with Crippen molar-refractivity contribution in [3.63, 3.8) is 0 Å². The van der Waals surface area contributed by atoms with Crippen LogP contribution in [-0.4, -0.2) is 17.5 Å². The van der Waals surface area contributed by atoms with Crippen LogP contribution in [0.5, 0.6) is 5.88 Å².